The summed E-state index contributed by atoms with van der Waals surface area (Å²) in [4.78, 5) is 0. The van der Waals surface area contributed by atoms with E-state index in [4.69, 9.17) is 0 Å². The Kier molecular flexibility index (Phi) is 1.13. The lowest BCUT2D eigenvalue weighted by Crippen LogP contribution is -2.31. The Balaban J connectivity index is 2.35. The van der Waals surface area contributed by atoms with Gasteiger partial charge in [-0.05, 0) is 6.08 Å². The second-order valence-corrected chi connectivity index (χ2v) is 4.29. The molecule has 60 valence electrons. The highest BCUT2D eigenvalue weighted by atomic mass is 16.5. The van der Waals surface area contributed by atoms with Crippen LogP contribution in [0.15, 0.2) is 24.0 Å². The second-order valence-electron chi connectivity index (χ2n) is 4.29. The Morgan fingerprint density at radius 3 is 2.91 bits per heavy atom. The van der Waals surface area contributed by atoms with Gasteiger partial charge in [-0.15, -0.1) is 0 Å². The molecule has 0 amide bonds. The molecule has 2 nitrogen and oxygen atoms in total. The highest BCUT2D eigenvalue weighted by Gasteiger charge is 2.42. The minimum atomic E-state index is -0.188. The summed E-state index contributed by atoms with van der Waals surface area (Å²) in [5.74, 6) is 0. The predicted octanol–water partition coefficient (Wildman–Crippen LogP) is 2.14. The van der Waals surface area contributed by atoms with Gasteiger partial charge in [-0.1, -0.05) is 13.8 Å². The zero-order valence-electron chi connectivity index (χ0n) is 7.00. The van der Waals surface area contributed by atoms with Gasteiger partial charge in [0.1, 0.15) is 11.9 Å². The molecule has 0 saturated carbocycles. The lowest BCUT2D eigenvalue weighted by molar-refractivity contribution is -0.779. The molecule has 1 atom stereocenters. The maximum absolute atomic E-state index is 11.9. The van der Waals surface area contributed by atoms with Crippen molar-refractivity contribution in [3.63, 3.8) is 0 Å². The van der Waals surface area contributed by atoms with Crippen molar-refractivity contribution in [1.82, 2.24) is 0 Å². The number of nitrogens with zero attached hydrogens (tertiary/aromatic N) is 1. The van der Waals surface area contributed by atoms with Crippen LogP contribution in [0.3, 0.4) is 0 Å². The van der Waals surface area contributed by atoms with E-state index in [0.29, 0.717) is 6.54 Å². The summed E-state index contributed by atoms with van der Waals surface area (Å²) in [6.45, 7) is 5.01. The van der Waals surface area contributed by atoms with Crippen molar-refractivity contribution < 1.29 is 4.65 Å². The van der Waals surface area contributed by atoms with Crippen molar-refractivity contribution in [3.8, 4) is 0 Å². The normalized spacial score (nSPS) is 39.0. The Labute approximate surface area is 67.0 Å². The van der Waals surface area contributed by atoms with Crippen LogP contribution < -0.4 is 0 Å². The predicted molar refractivity (Wildman–Crippen MR) is 44.1 cm³/mol. The van der Waals surface area contributed by atoms with Gasteiger partial charge in [0.15, 0.2) is 0 Å². The van der Waals surface area contributed by atoms with E-state index >= 15 is 0 Å². The zero-order chi connectivity index (χ0) is 8.11. The molecule has 0 aliphatic carbocycles. The summed E-state index contributed by atoms with van der Waals surface area (Å²) in [5.41, 5.74) is 1.22. The van der Waals surface area contributed by atoms with Crippen LogP contribution >= 0.6 is 0 Å². The summed E-state index contributed by atoms with van der Waals surface area (Å²) in [7, 11) is 0. The molecule has 11 heavy (non-hydrogen) atoms. The van der Waals surface area contributed by atoms with Gasteiger partial charge in [-0.25, -0.2) is 0 Å². The highest BCUT2D eigenvalue weighted by molar-refractivity contribution is 5.18. The molecule has 2 heteroatoms. The quantitative estimate of drug-likeness (QED) is 0.384. The second kappa shape index (κ2) is 1.76. The van der Waals surface area contributed by atoms with Gasteiger partial charge in [-0.2, -0.15) is 0 Å². The van der Waals surface area contributed by atoms with Crippen molar-refractivity contribution in [2.75, 3.05) is 6.54 Å². The molecule has 1 unspecified atom stereocenters. The molecule has 0 radical (unpaired) electrons. The first-order chi connectivity index (χ1) is 5.02. The summed E-state index contributed by atoms with van der Waals surface area (Å²) < 4.78 is -0.188. The Hall–Kier alpha value is -0.600. The zero-order valence-corrected chi connectivity index (χ0v) is 7.00. The van der Waals surface area contributed by atoms with Gasteiger partial charge in [0.2, 0.25) is 0 Å². The largest absolute Gasteiger partial charge is 0.622 e. The van der Waals surface area contributed by atoms with E-state index in [-0.39, 0.29) is 10.1 Å². The number of hydrogen-bond donors (Lipinski definition) is 0. The van der Waals surface area contributed by atoms with Gasteiger partial charge in [0, 0.05) is 17.9 Å². The summed E-state index contributed by atoms with van der Waals surface area (Å²) >= 11 is 0. The van der Waals surface area contributed by atoms with E-state index in [1.807, 2.05) is 12.2 Å². The minimum absolute atomic E-state index is 0.188. The molecule has 0 aromatic carbocycles. The van der Waals surface area contributed by atoms with Crippen LogP contribution in [-0.4, -0.2) is 11.2 Å². The number of allylic oxidation sites excluding steroid dienone is 3. The Morgan fingerprint density at radius 2 is 2.27 bits per heavy atom. The molecule has 0 bridgehead atoms. The van der Waals surface area contributed by atoms with Gasteiger partial charge in [-0.3, -0.25) is 0 Å². The number of rotatable bonds is 0. The van der Waals surface area contributed by atoms with Crippen molar-refractivity contribution in [3.05, 3.63) is 29.3 Å². The molecule has 2 aliphatic rings. The molecular weight excluding hydrogens is 138 g/mol. The average molecular weight is 151 g/mol. The third-order valence-corrected chi connectivity index (χ3v) is 2.42. The first-order valence-corrected chi connectivity index (χ1v) is 4.00. The van der Waals surface area contributed by atoms with Gasteiger partial charge >= 0.3 is 0 Å². The topological polar surface area (TPSA) is 23.1 Å². The van der Waals surface area contributed by atoms with Crippen molar-refractivity contribution >= 4 is 0 Å². The molecule has 1 saturated heterocycles. The van der Waals surface area contributed by atoms with E-state index in [1.165, 1.54) is 0 Å². The Bertz CT molecular complexity index is 252. The van der Waals surface area contributed by atoms with Crippen LogP contribution in [0.5, 0.6) is 0 Å². The minimum Gasteiger partial charge on any atom is -0.622 e. The van der Waals surface area contributed by atoms with Gasteiger partial charge < -0.3 is 9.85 Å². The van der Waals surface area contributed by atoms with E-state index in [1.54, 1.807) is 6.20 Å². The summed E-state index contributed by atoms with van der Waals surface area (Å²) in [5, 5.41) is 11.9. The fourth-order valence-electron chi connectivity index (χ4n) is 2.04. The van der Waals surface area contributed by atoms with Gasteiger partial charge in [0.05, 0.1) is 6.54 Å². The van der Waals surface area contributed by atoms with Gasteiger partial charge in [0.25, 0.3) is 0 Å². The van der Waals surface area contributed by atoms with Crippen molar-refractivity contribution in [2.24, 2.45) is 5.41 Å². The molecule has 2 rings (SSSR count). The molecule has 0 aromatic rings. The van der Waals surface area contributed by atoms with E-state index in [0.717, 1.165) is 12.1 Å². The van der Waals surface area contributed by atoms with E-state index < -0.39 is 0 Å². The lowest BCUT2D eigenvalue weighted by Gasteiger charge is -2.33. The molecule has 2 aliphatic heterocycles. The standard InChI is InChI=1S/C9H13NO/c1-9(2)6-8-4-3-5-10(8,11)7-9/h3-5H,6-7H2,1-2H3. The summed E-state index contributed by atoms with van der Waals surface area (Å²) in [6.07, 6.45) is 6.52. The van der Waals surface area contributed by atoms with Crippen LogP contribution in [0.4, 0.5) is 0 Å². The molecule has 1 fully saturated rings. The monoisotopic (exact) mass is 151 g/mol. The smallest absolute Gasteiger partial charge is 0.114 e. The number of hydroxylamine groups is 3. The lowest BCUT2D eigenvalue weighted by atomic mass is 9.92. The summed E-state index contributed by atoms with van der Waals surface area (Å²) in [6, 6.07) is 0. The van der Waals surface area contributed by atoms with E-state index in [2.05, 4.69) is 13.8 Å². The Morgan fingerprint density at radius 1 is 1.55 bits per heavy atom. The van der Waals surface area contributed by atoms with E-state index in [9.17, 15) is 5.21 Å². The van der Waals surface area contributed by atoms with Crippen LogP contribution in [0.2, 0.25) is 0 Å². The number of quaternary nitrogens is 1. The number of fused-ring (bicyclic) bond motifs is 1. The SMILES string of the molecule is CC1(C)CC2=CC=C[N+]2([O-])C1. The molecule has 2 heterocycles. The number of hydrogen-bond acceptors (Lipinski definition) is 1. The molecular formula is C9H13NO. The molecule has 0 aromatic heterocycles. The molecule has 0 N–H and O–H groups in total. The fraction of sp³-hybridized carbons (Fsp3) is 0.556. The first-order valence-electron chi connectivity index (χ1n) is 4.00. The van der Waals surface area contributed by atoms with Crippen molar-refractivity contribution in [1.29, 1.82) is 0 Å². The first kappa shape index (κ1) is 7.07. The maximum atomic E-state index is 11.9. The third-order valence-electron chi connectivity index (χ3n) is 2.42. The van der Waals surface area contributed by atoms with Crippen molar-refractivity contribution in [2.45, 2.75) is 20.3 Å². The molecule has 0 spiro atoms. The van der Waals surface area contributed by atoms with Crippen LogP contribution in [0.1, 0.15) is 20.3 Å². The van der Waals surface area contributed by atoms with Crippen LogP contribution in [-0.2, 0) is 0 Å². The highest BCUT2D eigenvalue weighted by Crippen LogP contribution is 2.44. The van der Waals surface area contributed by atoms with Crippen LogP contribution in [0.25, 0.3) is 0 Å². The van der Waals surface area contributed by atoms with Crippen LogP contribution in [0, 0.1) is 10.6 Å². The third kappa shape index (κ3) is 0.940. The maximum Gasteiger partial charge on any atom is 0.114 e. The fourth-order valence-corrected chi connectivity index (χ4v) is 2.04. The average Bonchev–Trinajstić information content (AvgIpc) is 2.16.